The van der Waals surface area contributed by atoms with Gasteiger partial charge < -0.3 is 5.32 Å². The third-order valence-electron chi connectivity index (χ3n) is 2.93. The quantitative estimate of drug-likeness (QED) is 0.900. The van der Waals surface area contributed by atoms with Crippen LogP contribution in [0.1, 0.15) is 24.2 Å². The van der Waals surface area contributed by atoms with Gasteiger partial charge in [0, 0.05) is 12.2 Å². The Morgan fingerprint density at radius 1 is 1.41 bits per heavy atom. The number of nitrogens with zero attached hydrogens (tertiary/aromatic N) is 2. The summed E-state index contributed by atoms with van der Waals surface area (Å²) in [5, 5.41) is 5.54. The van der Waals surface area contributed by atoms with Crippen molar-refractivity contribution in [2.24, 2.45) is 0 Å². The maximum atomic E-state index is 4.61. The number of hydrogen-bond donors (Lipinski definition) is 1. The van der Waals surface area contributed by atoms with Gasteiger partial charge in [0.15, 0.2) is 0 Å². The molecule has 3 rings (SSSR count). The molecule has 4 heteroatoms. The fourth-order valence-electron chi connectivity index (χ4n) is 1.77. The standard InChI is InChI=1S/C13H15N3S/c1-9-5-7-17-13(9)11-4-6-14-12(16-11)8-15-10-2-3-10/h4-7,10,15H,2-3,8H2,1H3. The van der Waals surface area contributed by atoms with Crippen LogP contribution in [-0.2, 0) is 6.54 Å². The molecule has 3 nitrogen and oxygen atoms in total. The second kappa shape index (κ2) is 4.55. The molecule has 2 aromatic rings. The lowest BCUT2D eigenvalue weighted by atomic mass is 10.2. The van der Waals surface area contributed by atoms with Crippen molar-refractivity contribution < 1.29 is 0 Å². The van der Waals surface area contributed by atoms with Crippen molar-refractivity contribution in [2.75, 3.05) is 0 Å². The second-order valence-electron chi connectivity index (χ2n) is 4.45. The first kappa shape index (κ1) is 10.9. The summed E-state index contributed by atoms with van der Waals surface area (Å²) in [7, 11) is 0. The molecule has 1 N–H and O–H groups in total. The van der Waals surface area contributed by atoms with E-state index < -0.39 is 0 Å². The van der Waals surface area contributed by atoms with Gasteiger partial charge in [0.25, 0.3) is 0 Å². The van der Waals surface area contributed by atoms with Gasteiger partial charge in [0.1, 0.15) is 5.82 Å². The largest absolute Gasteiger partial charge is 0.307 e. The molecule has 0 unspecified atom stereocenters. The summed E-state index contributed by atoms with van der Waals surface area (Å²) in [6, 6.07) is 4.81. The van der Waals surface area contributed by atoms with Crippen LogP contribution in [0, 0.1) is 6.92 Å². The molecule has 0 aromatic carbocycles. The van der Waals surface area contributed by atoms with Gasteiger partial charge in [-0.1, -0.05) is 0 Å². The van der Waals surface area contributed by atoms with E-state index in [0.29, 0.717) is 6.04 Å². The highest BCUT2D eigenvalue weighted by Crippen LogP contribution is 2.27. The molecular formula is C13H15N3S. The molecule has 2 aromatic heterocycles. The lowest BCUT2D eigenvalue weighted by Gasteiger charge is -2.04. The monoisotopic (exact) mass is 245 g/mol. The van der Waals surface area contributed by atoms with Crippen molar-refractivity contribution in [3.8, 4) is 10.6 Å². The number of thiophene rings is 1. The van der Waals surface area contributed by atoms with E-state index in [-0.39, 0.29) is 0 Å². The van der Waals surface area contributed by atoms with E-state index in [1.807, 2.05) is 12.3 Å². The summed E-state index contributed by atoms with van der Waals surface area (Å²) in [6.07, 6.45) is 4.44. The first-order chi connectivity index (χ1) is 8.33. The molecule has 1 aliphatic rings. The Kier molecular flexibility index (Phi) is 2.91. The molecule has 0 radical (unpaired) electrons. The first-order valence-corrected chi connectivity index (χ1v) is 6.80. The van der Waals surface area contributed by atoms with Crippen LogP contribution in [-0.4, -0.2) is 16.0 Å². The number of aryl methyl sites for hydroxylation is 1. The van der Waals surface area contributed by atoms with Gasteiger partial charge in [-0.15, -0.1) is 11.3 Å². The van der Waals surface area contributed by atoms with E-state index in [1.165, 1.54) is 23.3 Å². The lowest BCUT2D eigenvalue weighted by Crippen LogP contribution is -2.17. The fourth-order valence-corrected chi connectivity index (χ4v) is 2.67. The Morgan fingerprint density at radius 2 is 2.29 bits per heavy atom. The molecule has 17 heavy (non-hydrogen) atoms. The van der Waals surface area contributed by atoms with Crippen LogP contribution >= 0.6 is 11.3 Å². The molecule has 0 bridgehead atoms. The van der Waals surface area contributed by atoms with Crippen molar-refractivity contribution in [1.82, 2.24) is 15.3 Å². The zero-order valence-corrected chi connectivity index (χ0v) is 10.6. The van der Waals surface area contributed by atoms with Gasteiger partial charge in [0.2, 0.25) is 0 Å². The topological polar surface area (TPSA) is 37.8 Å². The van der Waals surface area contributed by atoms with E-state index >= 15 is 0 Å². The Morgan fingerprint density at radius 3 is 3.00 bits per heavy atom. The average Bonchev–Trinajstić information content (AvgIpc) is 3.08. The van der Waals surface area contributed by atoms with Crippen molar-refractivity contribution in [3.05, 3.63) is 35.1 Å². The van der Waals surface area contributed by atoms with Gasteiger partial charge in [0.05, 0.1) is 17.1 Å². The predicted molar refractivity (Wildman–Crippen MR) is 69.9 cm³/mol. The lowest BCUT2D eigenvalue weighted by molar-refractivity contribution is 0.658. The predicted octanol–water partition coefficient (Wildman–Crippen LogP) is 2.77. The van der Waals surface area contributed by atoms with Crippen LogP contribution in [0.2, 0.25) is 0 Å². The van der Waals surface area contributed by atoms with Crippen LogP contribution in [0.4, 0.5) is 0 Å². The average molecular weight is 245 g/mol. The zero-order valence-electron chi connectivity index (χ0n) is 9.81. The zero-order chi connectivity index (χ0) is 11.7. The van der Waals surface area contributed by atoms with Gasteiger partial charge in [-0.25, -0.2) is 9.97 Å². The summed E-state index contributed by atoms with van der Waals surface area (Å²) >= 11 is 1.74. The second-order valence-corrected chi connectivity index (χ2v) is 5.36. The number of aromatic nitrogens is 2. The SMILES string of the molecule is Cc1ccsc1-c1ccnc(CNC2CC2)n1. The smallest absolute Gasteiger partial charge is 0.142 e. The molecular weight excluding hydrogens is 230 g/mol. The first-order valence-electron chi connectivity index (χ1n) is 5.93. The molecule has 0 atom stereocenters. The third kappa shape index (κ3) is 2.53. The van der Waals surface area contributed by atoms with Gasteiger partial charge in [-0.2, -0.15) is 0 Å². The van der Waals surface area contributed by atoms with Crippen molar-refractivity contribution in [1.29, 1.82) is 0 Å². The number of hydrogen-bond acceptors (Lipinski definition) is 4. The summed E-state index contributed by atoms with van der Waals surface area (Å²) < 4.78 is 0. The van der Waals surface area contributed by atoms with E-state index in [9.17, 15) is 0 Å². The number of rotatable bonds is 4. The highest BCUT2D eigenvalue weighted by Gasteiger charge is 2.20. The van der Waals surface area contributed by atoms with E-state index in [0.717, 1.165) is 18.1 Å². The maximum Gasteiger partial charge on any atom is 0.142 e. The summed E-state index contributed by atoms with van der Waals surface area (Å²) in [4.78, 5) is 10.2. The minimum atomic E-state index is 0.700. The summed E-state index contributed by atoms with van der Waals surface area (Å²) in [5.41, 5.74) is 2.33. The summed E-state index contributed by atoms with van der Waals surface area (Å²) in [6.45, 7) is 2.90. The highest BCUT2D eigenvalue weighted by molar-refractivity contribution is 7.13. The molecule has 1 aliphatic carbocycles. The Labute approximate surface area is 105 Å². The highest BCUT2D eigenvalue weighted by atomic mass is 32.1. The minimum Gasteiger partial charge on any atom is -0.307 e. The van der Waals surface area contributed by atoms with E-state index in [4.69, 9.17) is 0 Å². The molecule has 2 heterocycles. The molecule has 1 saturated carbocycles. The third-order valence-corrected chi connectivity index (χ3v) is 3.97. The molecule has 88 valence electrons. The van der Waals surface area contributed by atoms with E-state index in [1.54, 1.807) is 11.3 Å². The fraction of sp³-hybridized carbons (Fsp3) is 0.385. The maximum absolute atomic E-state index is 4.61. The van der Waals surface area contributed by atoms with Gasteiger partial charge in [-0.3, -0.25) is 0 Å². The molecule has 0 amide bonds. The Balaban J connectivity index is 1.80. The van der Waals surface area contributed by atoms with Gasteiger partial charge >= 0.3 is 0 Å². The van der Waals surface area contributed by atoms with Crippen LogP contribution < -0.4 is 5.32 Å². The van der Waals surface area contributed by atoms with Gasteiger partial charge in [-0.05, 0) is 42.8 Å². The van der Waals surface area contributed by atoms with Crippen LogP contribution in [0.15, 0.2) is 23.7 Å². The van der Waals surface area contributed by atoms with Crippen molar-refractivity contribution in [2.45, 2.75) is 32.4 Å². The van der Waals surface area contributed by atoms with Crippen LogP contribution in [0.5, 0.6) is 0 Å². The summed E-state index contributed by atoms with van der Waals surface area (Å²) in [5.74, 6) is 0.891. The molecule has 0 spiro atoms. The molecule has 0 aliphatic heterocycles. The van der Waals surface area contributed by atoms with Crippen LogP contribution in [0.25, 0.3) is 10.6 Å². The normalized spacial score (nSPS) is 15.1. The number of nitrogens with one attached hydrogen (secondary N) is 1. The van der Waals surface area contributed by atoms with E-state index in [2.05, 4.69) is 33.7 Å². The molecule has 1 fully saturated rings. The minimum absolute atomic E-state index is 0.700. The Hall–Kier alpha value is -1.26. The van der Waals surface area contributed by atoms with Crippen molar-refractivity contribution in [3.63, 3.8) is 0 Å². The molecule has 0 saturated heterocycles. The van der Waals surface area contributed by atoms with Crippen LogP contribution in [0.3, 0.4) is 0 Å². The van der Waals surface area contributed by atoms with Crippen molar-refractivity contribution >= 4 is 11.3 Å². The Bertz CT molecular complexity index is 517.